The molecule has 0 aliphatic carbocycles. The van der Waals surface area contributed by atoms with Crippen molar-refractivity contribution in [1.29, 1.82) is 0 Å². The van der Waals surface area contributed by atoms with E-state index in [4.69, 9.17) is 4.74 Å². The lowest BCUT2D eigenvalue weighted by atomic mass is 9.72. The third kappa shape index (κ3) is 6.82. The van der Waals surface area contributed by atoms with Crippen LogP contribution in [-0.4, -0.2) is 63.3 Å². The number of aliphatic imine (C=N–C) groups is 1. The number of nitrogens with zero attached hydrogens (tertiary/aromatic N) is 2. The first-order valence-electron chi connectivity index (χ1n) is 11.5. The molecule has 0 aromatic heterocycles. The summed E-state index contributed by atoms with van der Waals surface area (Å²) in [6, 6.07) is 9.54. The molecular weight excluding hydrogens is 487 g/mol. The van der Waals surface area contributed by atoms with Crippen LogP contribution in [0, 0.1) is 6.92 Å². The molecule has 2 saturated heterocycles. The molecule has 6 heteroatoms. The van der Waals surface area contributed by atoms with E-state index in [0.29, 0.717) is 0 Å². The van der Waals surface area contributed by atoms with Crippen molar-refractivity contribution in [3.8, 4) is 0 Å². The summed E-state index contributed by atoms with van der Waals surface area (Å²) in [5.41, 5.74) is 2.94. The third-order valence-electron chi connectivity index (χ3n) is 6.84. The van der Waals surface area contributed by atoms with Gasteiger partial charge in [0, 0.05) is 51.4 Å². The van der Waals surface area contributed by atoms with E-state index in [9.17, 15) is 0 Å². The summed E-state index contributed by atoms with van der Waals surface area (Å²) in [5, 5.41) is 7.15. The zero-order chi connectivity index (χ0) is 20.5. The Bertz CT molecular complexity index is 660. The van der Waals surface area contributed by atoms with Gasteiger partial charge in [0.25, 0.3) is 0 Å². The molecule has 0 saturated carbocycles. The molecule has 2 heterocycles. The highest BCUT2D eigenvalue weighted by molar-refractivity contribution is 14.0. The summed E-state index contributed by atoms with van der Waals surface area (Å²) >= 11 is 0. The fourth-order valence-electron chi connectivity index (χ4n) is 4.92. The van der Waals surface area contributed by atoms with Gasteiger partial charge >= 0.3 is 0 Å². The monoisotopic (exact) mass is 528 g/mol. The first kappa shape index (κ1) is 25.4. The van der Waals surface area contributed by atoms with Crippen molar-refractivity contribution in [3.05, 3.63) is 35.4 Å². The maximum atomic E-state index is 5.69. The van der Waals surface area contributed by atoms with Crippen LogP contribution in [0.5, 0.6) is 0 Å². The molecule has 2 fully saturated rings. The second kappa shape index (κ2) is 12.9. The number of piperidine rings is 1. The number of aryl methyl sites for hydroxylation is 1. The Morgan fingerprint density at radius 3 is 2.67 bits per heavy atom. The van der Waals surface area contributed by atoms with Crippen LogP contribution in [0.3, 0.4) is 0 Å². The second-order valence-corrected chi connectivity index (χ2v) is 8.79. The molecule has 1 aromatic carbocycles. The van der Waals surface area contributed by atoms with Gasteiger partial charge in [0.2, 0.25) is 0 Å². The lowest BCUT2D eigenvalue weighted by Gasteiger charge is -2.39. The van der Waals surface area contributed by atoms with Crippen molar-refractivity contribution in [1.82, 2.24) is 15.5 Å². The lowest BCUT2D eigenvalue weighted by Crippen LogP contribution is -2.48. The largest absolute Gasteiger partial charge is 0.381 e. The first-order valence-corrected chi connectivity index (χ1v) is 11.5. The second-order valence-electron chi connectivity index (χ2n) is 8.79. The van der Waals surface area contributed by atoms with Crippen LogP contribution in [0.1, 0.15) is 56.6 Å². The number of ether oxygens (including phenoxy) is 1. The van der Waals surface area contributed by atoms with E-state index in [0.717, 1.165) is 57.6 Å². The molecule has 0 spiro atoms. The van der Waals surface area contributed by atoms with Gasteiger partial charge in [0.05, 0.1) is 0 Å². The normalized spacial score (nSPS) is 22.2. The van der Waals surface area contributed by atoms with Gasteiger partial charge in [-0.3, -0.25) is 4.99 Å². The molecule has 1 aromatic rings. The molecule has 2 N–H and O–H groups in total. The standard InChI is InChI=1S/C24H40N4O.HI/c1-20-9-4-5-11-22(20)24(12-17-29-18-13-24)19-27-23(25-3)26-14-8-16-28-15-7-6-10-21(28)2;/h4-5,9,11,21H,6-8,10,12-19H2,1-3H3,(H2,25,26,27);1H. The SMILES string of the molecule is CN=C(NCCCN1CCCCC1C)NCC1(c2ccccc2C)CCOCC1.I. The number of guanidine groups is 1. The molecule has 2 aliphatic heterocycles. The van der Waals surface area contributed by atoms with Gasteiger partial charge in [0.1, 0.15) is 0 Å². The average molecular weight is 529 g/mol. The molecule has 0 radical (unpaired) electrons. The lowest BCUT2D eigenvalue weighted by molar-refractivity contribution is 0.0512. The summed E-state index contributed by atoms with van der Waals surface area (Å²) in [7, 11) is 1.87. The number of hydrogen-bond acceptors (Lipinski definition) is 3. The van der Waals surface area contributed by atoms with Gasteiger partial charge in [-0.2, -0.15) is 0 Å². The zero-order valence-electron chi connectivity index (χ0n) is 19.1. The molecular formula is C24H41IN4O. The van der Waals surface area contributed by atoms with Gasteiger partial charge in [-0.1, -0.05) is 30.7 Å². The maximum Gasteiger partial charge on any atom is 0.191 e. The van der Waals surface area contributed by atoms with Gasteiger partial charge in [0.15, 0.2) is 5.96 Å². The first-order chi connectivity index (χ1) is 14.1. The summed E-state index contributed by atoms with van der Waals surface area (Å²) in [5.74, 6) is 0.913. The predicted octanol–water partition coefficient (Wildman–Crippen LogP) is 4.09. The molecule has 30 heavy (non-hydrogen) atoms. The topological polar surface area (TPSA) is 48.9 Å². The molecule has 0 bridgehead atoms. The summed E-state index contributed by atoms with van der Waals surface area (Å²) < 4.78 is 5.69. The van der Waals surface area contributed by atoms with Crippen molar-refractivity contribution < 1.29 is 4.74 Å². The van der Waals surface area contributed by atoms with E-state index in [-0.39, 0.29) is 29.4 Å². The molecule has 0 amide bonds. The molecule has 2 aliphatic rings. The van der Waals surface area contributed by atoms with E-state index >= 15 is 0 Å². The quantitative estimate of drug-likeness (QED) is 0.242. The molecule has 5 nitrogen and oxygen atoms in total. The minimum atomic E-state index is 0. The predicted molar refractivity (Wildman–Crippen MR) is 137 cm³/mol. The Hall–Kier alpha value is -0.860. The van der Waals surface area contributed by atoms with E-state index in [1.807, 2.05) is 7.05 Å². The molecule has 3 rings (SSSR count). The van der Waals surface area contributed by atoms with Crippen LogP contribution in [0.15, 0.2) is 29.3 Å². The third-order valence-corrected chi connectivity index (χ3v) is 6.84. The number of halogens is 1. The smallest absolute Gasteiger partial charge is 0.191 e. The highest BCUT2D eigenvalue weighted by atomic mass is 127. The average Bonchev–Trinajstić information content (AvgIpc) is 2.75. The van der Waals surface area contributed by atoms with E-state index < -0.39 is 0 Å². The van der Waals surface area contributed by atoms with Gasteiger partial charge in [-0.25, -0.2) is 0 Å². The van der Waals surface area contributed by atoms with Crippen LogP contribution in [0.2, 0.25) is 0 Å². The Balaban J connectivity index is 0.00000320. The van der Waals surface area contributed by atoms with Crippen LogP contribution in [0.25, 0.3) is 0 Å². The van der Waals surface area contributed by atoms with Crippen LogP contribution < -0.4 is 10.6 Å². The highest BCUT2D eigenvalue weighted by Crippen LogP contribution is 2.36. The number of likely N-dealkylation sites (tertiary alicyclic amines) is 1. The molecule has 1 unspecified atom stereocenters. The van der Waals surface area contributed by atoms with Crippen LogP contribution in [0.4, 0.5) is 0 Å². The van der Waals surface area contributed by atoms with Gasteiger partial charge in [-0.05, 0) is 63.6 Å². The Labute approximate surface area is 200 Å². The Morgan fingerprint density at radius 2 is 1.97 bits per heavy atom. The summed E-state index contributed by atoms with van der Waals surface area (Å²) in [4.78, 5) is 7.10. The summed E-state index contributed by atoms with van der Waals surface area (Å²) in [6.07, 6.45) is 7.35. The van der Waals surface area contributed by atoms with Crippen molar-refractivity contribution in [2.24, 2.45) is 4.99 Å². The number of rotatable bonds is 7. The Morgan fingerprint density at radius 1 is 1.20 bits per heavy atom. The number of hydrogen-bond donors (Lipinski definition) is 2. The van der Waals surface area contributed by atoms with Crippen molar-refractivity contribution in [2.75, 3.05) is 46.4 Å². The fraction of sp³-hybridized carbons (Fsp3) is 0.708. The van der Waals surface area contributed by atoms with E-state index in [2.05, 4.69) is 58.6 Å². The van der Waals surface area contributed by atoms with Gasteiger partial charge < -0.3 is 20.3 Å². The van der Waals surface area contributed by atoms with Crippen molar-refractivity contribution in [3.63, 3.8) is 0 Å². The fourth-order valence-corrected chi connectivity index (χ4v) is 4.92. The molecule has 1 atom stereocenters. The maximum absolute atomic E-state index is 5.69. The minimum Gasteiger partial charge on any atom is -0.381 e. The highest BCUT2D eigenvalue weighted by Gasteiger charge is 2.35. The summed E-state index contributed by atoms with van der Waals surface area (Å²) in [6.45, 7) is 10.5. The van der Waals surface area contributed by atoms with Crippen molar-refractivity contribution >= 4 is 29.9 Å². The van der Waals surface area contributed by atoms with Crippen LogP contribution in [-0.2, 0) is 10.2 Å². The van der Waals surface area contributed by atoms with E-state index in [1.54, 1.807) is 0 Å². The van der Waals surface area contributed by atoms with E-state index in [1.165, 1.54) is 43.5 Å². The minimum absolute atomic E-state index is 0. The van der Waals surface area contributed by atoms with Crippen LogP contribution >= 0.6 is 24.0 Å². The van der Waals surface area contributed by atoms with Crippen molar-refractivity contribution in [2.45, 2.75) is 63.8 Å². The molecule has 170 valence electrons. The number of nitrogens with one attached hydrogen (secondary N) is 2. The van der Waals surface area contributed by atoms with Gasteiger partial charge in [-0.15, -0.1) is 24.0 Å². The zero-order valence-corrected chi connectivity index (χ0v) is 21.4. The number of benzene rings is 1. The Kier molecular flexibility index (Phi) is 10.9.